The van der Waals surface area contributed by atoms with Crippen LogP contribution in [0.4, 0.5) is 0 Å². The van der Waals surface area contributed by atoms with Crippen LogP contribution in [0.2, 0.25) is 0 Å². The zero-order chi connectivity index (χ0) is 14.0. The zero-order valence-electron chi connectivity index (χ0n) is 10.8. The van der Waals surface area contributed by atoms with E-state index in [1.165, 1.54) is 23.1 Å². The third kappa shape index (κ3) is 3.17. The summed E-state index contributed by atoms with van der Waals surface area (Å²) in [5.74, 6) is 1.53. The lowest BCUT2D eigenvalue weighted by Gasteiger charge is -2.05. The molecule has 3 N–H and O–H groups in total. The molecule has 2 aromatic heterocycles. The molecule has 0 aromatic carbocycles. The SMILES string of the molecule is Cc1sc2nc(CSCC(O)CO)[nH]c(=O)c2c1C. The summed E-state index contributed by atoms with van der Waals surface area (Å²) in [7, 11) is 0. The highest BCUT2D eigenvalue weighted by Gasteiger charge is 2.12. The molecule has 1 unspecified atom stereocenters. The van der Waals surface area contributed by atoms with Gasteiger partial charge in [0.2, 0.25) is 0 Å². The molecular formula is C12H16N2O3S2. The van der Waals surface area contributed by atoms with Gasteiger partial charge in [0.1, 0.15) is 10.7 Å². The van der Waals surface area contributed by atoms with E-state index in [1.807, 2.05) is 13.8 Å². The van der Waals surface area contributed by atoms with Gasteiger partial charge in [-0.3, -0.25) is 4.79 Å². The number of fused-ring (bicyclic) bond motifs is 1. The lowest BCUT2D eigenvalue weighted by molar-refractivity contribution is 0.113. The van der Waals surface area contributed by atoms with E-state index in [4.69, 9.17) is 5.11 Å². The van der Waals surface area contributed by atoms with Crippen LogP contribution in [0, 0.1) is 13.8 Å². The number of hydrogen-bond acceptors (Lipinski definition) is 6. The predicted octanol–water partition coefficient (Wildman–Crippen LogP) is 1.19. The first-order valence-electron chi connectivity index (χ1n) is 5.88. The fourth-order valence-corrected chi connectivity index (χ4v) is 3.59. The largest absolute Gasteiger partial charge is 0.394 e. The van der Waals surface area contributed by atoms with Gasteiger partial charge in [-0.05, 0) is 19.4 Å². The Morgan fingerprint density at radius 1 is 1.47 bits per heavy atom. The van der Waals surface area contributed by atoms with Crippen LogP contribution in [0.25, 0.3) is 10.2 Å². The van der Waals surface area contributed by atoms with Crippen LogP contribution in [-0.2, 0) is 5.75 Å². The molecule has 1 atom stereocenters. The fourth-order valence-electron chi connectivity index (χ4n) is 1.71. The molecule has 0 aliphatic heterocycles. The number of rotatable bonds is 5. The molecule has 0 saturated heterocycles. The van der Waals surface area contributed by atoms with Crippen molar-refractivity contribution in [2.75, 3.05) is 12.4 Å². The summed E-state index contributed by atoms with van der Waals surface area (Å²) in [6, 6.07) is 0. The van der Waals surface area contributed by atoms with E-state index in [9.17, 15) is 9.90 Å². The number of aliphatic hydroxyl groups excluding tert-OH is 2. The van der Waals surface area contributed by atoms with E-state index in [0.29, 0.717) is 22.7 Å². The van der Waals surface area contributed by atoms with E-state index in [-0.39, 0.29) is 12.2 Å². The molecule has 0 amide bonds. The van der Waals surface area contributed by atoms with Crippen molar-refractivity contribution in [1.82, 2.24) is 9.97 Å². The molecule has 104 valence electrons. The van der Waals surface area contributed by atoms with Gasteiger partial charge in [-0.25, -0.2) is 4.98 Å². The van der Waals surface area contributed by atoms with E-state index >= 15 is 0 Å². The predicted molar refractivity (Wildman–Crippen MR) is 79.0 cm³/mol. The number of nitrogens with zero attached hydrogens (tertiary/aromatic N) is 1. The Bertz CT molecular complexity index is 636. The molecule has 0 fully saturated rings. The maximum atomic E-state index is 12.0. The molecule has 0 radical (unpaired) electrons. The third-order valence-electron chi connectivity index (χ3n) is 2.85. The minimum atomic E-state index is -0.730. The van der Waals surface area contributed by atoms with Crippen molar-refractivity contribution in [2.24, 2.45) is 0 Å². The van der Waals surface area contributed by atoms with Gasteiger partial charge >= 0.3 is 0 Å². The number of thiophene rings is 1. The standard InChI is InChI=1S/C12H16N2O3S2/c1-6-7(2)19-12-10(6)11(17)13-9(14-12)5-18-4-8(16)3-15/h8,15-16H,3-5H2,1-2H3,(H,13,14,17). The number of aromatic amines is 1. The number of H-pyrrole nitrogens is 1. The highest BCUT2D eigenvalue weighted by Crippen LogP contribution is 2.26. The van der Waals surface area contributed by atoms with Gasteiger partial charge in [-0.15, -0.1) is 11.3 Å². The van der Waals surface area contributed by atoms with Gasteiger partial charge in [-0.1, -0.05) is 0 Å². The molecule has 0 bridgehead atoms. The molecule has 5 nitrogen and oxygen atoms in total. The van der Waals surface area contributed by atoms with E-state index in [1.54, 1.807) is 0 Å². The summed E-state index contributed by atoms with van der Waals surface area (Å²) in [4.78, 5) is 21.1. The maximum absolute atomic E-state index is 12.0. The highest BCUT2D eigenvalue weighted by molar-refractivity contribution is 7.98. The molecule has 0 saturated carbocycles. The topological polar surface area (TPSA) is 86.2 Å². The average molecular weight is 300 g/mol. The lowest BCUT2D eigenvalue weighted by atomic mass is 10.2. The smallest absolute Gasteiger partial charge is 0.259 e. The minimum Gasteiger partial charge on any atom is -0.394 e. The number of aliphatic hydroxyl groups is 2. The van der Waals surface area contributed by atoms with Crippen molar-refractivity contribution in [3.8, 4) is 0 Å². The van der Waals surface area contributed by atoms with Gasteiger partial charge in [0.25, 0.3) is 5.56 Å². The maximum Gasteiger partial charge on any atom is 0.259 e. The van der Waals surface area contributed by atoms with Crippen LogP contribution in [-0.4, -0.2) is 38.6 Å². The Kier molecular flexibility index (Phi) is 4.62. The zero-order valence-corrected chi connectivity index (χ0v) is 12.4. The normalized spacial score (nSPS) is 13.1. The van der Waals surface area contributed by atoms with Crippen molar-refractivity contribution in [2.45, 2.75) is 25.7 Å². The second-order valence-electron chi connectivity index (χ2n) is 4.33. The van der Waals surface area contributed by atoms with Crippen LogP contribution in [0.1, 0.15) is 16.3 Å². The van der Waals surface area contributed by atoms with Crippen LogP contribution in [0.3, 0.4) is 0 Å². The van der Waals surface area contributed by atoms with Crippen LogP contribution >= 0.6 is 23.1 Å². The van der Waals surface area contributed by atoms with Crippen LogP contribution in [0.15, 0.2) is 4.79 Å². The molecule has 0 aliphatic carbocycles. The lowest BCUT2D eigenvalue weighted by Crippen LogP contribution is -2.15. The van der Waals surface area contributed by atoms with Gasteiger partial charge in [0.05, 0.1) is 23.8 Å². The monoisotopic (exact) mass is 300 g/mol. The average Bonchev–Trinajstić information content (AvgIpc) is 2.65. The van der Waals surface area contributed by atoms with Gasteiger partial charge < -0.3 is 15.2 Å². The van der Waals surface area contributed by atoms with Crippen molar-refractivity contribution < 1.29 is 10.2 Å². The summed E-state index contributed by atoms with van der Waals surface area (Å²) in [6.45, 7) is 3.66. The number of aromatic nitrogens is 2. The quantitative estimate of drug-likeness (QED) is 0.772. The van der Waals surface area contributed by atoms with Crippen molar-refractivity contribution in [3.63, 3.8) is 0 Å². The number of thioether (sulfide) groups is 1. The Morgan fingerprint density at radius 3 is 2.89 bits per heavy atom. The highest BCUT2D eigenvalue weighted by atomic mass is 32.2. The first kappa shape index (κ1) is 14.5. The number of nitrogens with one attached hydrogen (secondary N) is 1. The van der Waals surface area contributed by atoms with Gasteiger partial charge in [0.15, 0.2) is 0 Å². The van der Waals surface area contributed by atoms with Crippen molar-refractivity contribution >= 4 is 33.3 Å². The summed E-state index contributed by atoms with van der Waals surface area (Å²) in [5.41, 5.74) is 0.883. The van der Waals surface area contributed by atoms with E-state index in [0.717, 1.165) is 15.3 Å². The first-order chi connectivity index (χ1) is 9.02. The van der Waals surface area contributed by atoms with Crippen LogP contribution < -0.4 is 5.56 Å². The second kappa shape index (κ2) is 6.04. The molecule has 0 spiro atoms. The second-order valence-corrected chi connectivity index (χ2v) is 6.56. The van der Waals surface area contributed by atoms with Crippen LogP contribution in [0.5, 0.6) is 0 Å². The van der Waals surface area contributed by atoms with Crippen molar-refractivity contribution in [3.05, 3.63) is 26.6 Å². The molecule has 0 aliphatic rings. The van der Waals surface area contributed by atoms with Crippen molar-refractivity contribution in [1.29, 1.82) is 0 Å². The molecule has 2 heterocycles. The van der Waals surface area contributed by atoms with Gasteiger partial charge in [0, 0.05) is 10.6 Å². The Morgan fingerprint density at radius 2 is 2.21 bits per heavy atom. The number of aryl methyl sites for hydroxylation is 2. The molecule has 2 rings (SSSR count). The Labute approximate surface area is 118 Å². The third-order valence-corrected chi connectivity index (χ3v) is 5.05. The molecule has 7 heteroatoms. The number of hydrogen-bond donors (Lipinski definition) is 3. The molecule has 2 aromatic rings. The molecular weight excluding hydrogens is 284 g/mol. The minimum absolute atomic E-state index is 0.106. The summed E-state index contributed by atoms with van der Waals surface area (Å²) < 4.78 is 0. The summed E-state index contributed by atoms with van der Waals surface area (Å²) in [6.07, 6.45) is -0.730. The Balaban J connectivity index is 2.20. The summed E-state index contributed by atoms with van der Waals surface area (Å²) in [5, 5.41) is 18.6. The fraction of sp³-hybridized carbons (Fsp3) is 0.500. The summed E-state index contributed by atoms with van der Waals surface area (Å²) >= 11 is 2.95. The van der Waals surface area contributed by atoms with Gasteiger partial charge in [-0.2, -0.15) is 11.8 Å². The Hall–Kier alpha value is -0.890. The molecule has 19 heavy (non-hydrogen) atoms. The van der Waals surface area contributed by atoms with E-state index in [2.05, 4.69) is 9.97 Å². The first-order valence-corrected chi connectivity index (χ1v) is 7.85. The van der Waals surface area contributed by atoms with E-state index < -0.39 is 6.10 Å².